The highest BCUT2D eigenvalue weighted by Crippen LogP contribution is 2.21. The Bertz CT molecular complexity index is 408. The van der Waals surface area contributed by atoms with Crippen LogP contribution in [-0.2, 0) is 4.74 Å². The molecule has 0 aliphatic carbocycles. The van der Waals surface area contributed by atoms with Crippen molar-refractivity contribution in [2.24, 2.45) is 0 Å². The summed E-state index contributed by atoms with van der Waals surface area (Å²) in [6.45, 7) is 6.36. The Hall–Kier alpha value is -1.10. The summed E-state index contributed by atoms with van der Waals surface area (Å²) in [5, 5.41) is 3.59. The van der Waals surface area contributed by atoms with Crippen molar-refractivity contribution in [1.29, 1.82) is 0 Å². The molecule has 1 aromatic rings. The summed E-state index contributed by atoms with van der Waals surface area (Å²) in [5.74, 6) is 0.909. The second-order valence-electron chi connectivity index (χ2n) is 5.64. The van der Waals surface area contributed by atoms with Crippen molar-refractivity contribution in [3.8, 4) is 5.75 Å². The minimum Gasteiger partial charge on any atom is -0.497 e. The first-order valence-electron chi connectivity index (χ1n) is 7.89. The molecule has 1 heterocycles. The molecule has 1 aromatic carbocycles. The molecule has 2 unspecified atom stereocenters. The molecular weight excluding hydrogens is 264 g/mol. The van der Waals surface area contributed by atoms with E-state index in [0.29, 0.717) is 12.1 Å². The number of benzene rings is 1. The number of hydrogen-bond donors (Lipinski definition) is 1. The molecule has 4 heteroatoms. The Morgan fingerprint density at radius 1 is 1.29 bits per heavy atom. The van der Waals surface area contributed by atoms with Gasteiger partial charge in [-0.05, 0) is 43.6 Å². The molecule has 2 atom stereocenters. The van der Waals surface area contributed by atoms with Crippen LogP contribution in [0, 0.1) is 0 Å². The van der Waals surface area contributed by atoms with Gasteiger partial charge in [-0.1, -0.05) is 19.1 Å². The van der Waals surface area contributed by atoms with Gasteiger partial charge in [-0.3, -0.25) is 4.90 Å². The number of nitrogens with one attached hydrogen (secondary N) is 1. The highest BCUT2D eigenvalue weighted by Gasteiger charge is 2.22. The fraction of sp³-hybridized carbons (Fsp3) is 0.647. The first-order chi connectivity index (χ1) is 10.3. The lowest BCUT2D eigenvalue weighted by Gasteiger charge is -2.34. The van der Waals surface area contributed by atoms with Gasteiger partial charge in [-0.15, -0.1) is 0 Å². The highest BCUT2D eigenvalue weighted by atomic mass is 16.5. The lowest BCUT2D eigenvalue weighted by atomic mass is 10.0. The quantitative estimate of drug-likeness (QED) is 0.837. The first kappa shape index (κ1) is 16.3. The number of likely N-dealkylation sites (N-methyl/N-ethyl adjacent to an activating group) is 1. The number of ether oxygens (including phenoxy) is 2. The highest BCUT2D eigenvalue weighted by molar-refractivity contribution is 5.29. The predicted octanol–water partition coefficient (Wildman–Crippen LogP) is 2.46. The minimum absolute atomic E-state index is 0.358. The van der Waals surface area contributed by atoms with Gasteiger partial charge >= 0.3 is 0 Å². The summed E-state index contributed by atoms with van der Waals surface area (Å²) in [4.78, 5) is 2.51. The first-order valence-corrected chi connectivity index (χ1v) is 7.89. The van der Waals surface area contributed by atoms with E-state index in [0.717, 1.165) is 31.9 Å². The number of likely N-dealkylation sites (tertiary alicyclic amines) is 1. The molecule has 2 rings (SSSR count). The smallest absolute Gasteiger partial charge is 0.118 e. The van der Waals surface area contributed by atoms with E-state index < -0.39 is 0 Å². The summed E-state index contributed by atoms with van der Waals surface area (Å²) < 4.78 is 10.8. The number of hydrogen-bond acceptors (Lipinski definition) is 4. The summed E-state index contributed by atoms with van der Waals surface area (Å²) in [5.41, 5.74) is 1.32. The van der Waals surface area contributed by atoms with Crippen LogP contribution in [0.1, 0.15) is 31.4 Å². The van der Waals surface area contributed by atoms with Crippen molar-refractivity contribution in [3.63, 3.8) is 0 Å². The zero-order valence-corrected chi connectivity index (χ0v) is 13.5. The van der Waals surface area contributed by atoms with Gasteiger partial charge in [0.05, 0.1) is 13.2 Å². The maximum atomic E-state index is 5.52. The fourth-order valence-electron chi connectivity index (χ4n) is 3.00. The molecule has 0 radical (unpaired) electrons. The molecule has 4 nitrogen and oxygen atoms in total. The Balaban J connectivity index is 2.00. The molecule has 0 spiro atoms. The molecule has 1 N–H and O–H groups in total. The minimum atomic E-state index is 0.358. The molecule has 0 aromatic heterocycles. The SMILES string of the molecule is CCNC(CN1CCCC(OC)C1)c1ccc(OC)cc1. The molecule has 118 valence electrons. The van der Waals surface area contributed by atoms with E-state index in [1.165, 1.54) is 18.4 Å². The number of nitrogens with zero attached hydrogens (tertiary/aromatic N) is 1. The van der Waals surface area contributed by atoms with Crippen LogP contribution in [0.2, 0.25) is 0 Å². The third-order valence-corrected chi connectivity index (χ3v) is 4.21. The van der Waals surface area contributed by atoms with Crippen molar-refractivity contribution in [2.75, 3.05) is 40.4 Å². The Kier molecular flexibility index (Phi) is 6.49. The number of methoxy groups -OCH3 is 2. The van der Waals surface area contributed by atoms with Gasteiger partial charge in [-0.25, -0.2) is 0 Å². The third kappa shape index (κ3) is 4.70. The molecule has 1 fully saturated rings. The van der Waals surface area contributed by atoms with E-state index in [-0.39, 0.29) is 0 Å². The normalized spacial score (nSPS) is 21.2. The summed E-state index contributed by atoms with van der Waals surface area (Å²) in [6.07, 6.45) is 2.79. The van der Waals surface area contributed by atoms with E-state index >= 15 is 0 Å². The second kappa shape index (κ2) is 8.37. The lowest BCUT2D eigenvalue weighted by Crippen LogP contribution is -2.43. The van der Waals surface area contributed by atoms with Gasteiger partial charge < -0.3 is 14.8 Å². The van der Waals surface area contributed by atoms with Crippen molar-refractivity contribution in [1.82, 2.24) is 10.2 Å². The van der Waals surface area contributed by atoms with Gasteiger partial charge in [0.1, 0.15) is 5.75 Å². The molecule has 21 heavy (non-hydrogen) atoms. The number of rotatable bonds is 7. The van der Waals surface area contributed by atoms with Crippen molar-refractivity contribution in [2.45, 2.75) is 31.9 Å². The van der Waals surface area contributed by atoms with Gasteiger partial charge in [0, 0.05) is 26.2 Å². The van der Waals surface area contributed by atoms with E-state index in [2.05, 4.69) is 29.3 Å². The van der Waals surface area contributed by atoms with Crippen molar-refractivity contribution >= 4 is 0 Å². The van der Waals surface area contributed by atoms with E-state index in [1.807, 2.05) is 19.2 Å². The molecule has 0 bridgehead atoms. The van der Waals surface area contributed by atoms with Crippen molar-refractivity contribution < 1.29 is 9.47 Å². The maximum Gasteiger partial charge on any atom is 0.118 e. The average Bonchev–Trinajstić information content (AvgIpc) is 2.55. The molecule has 0 saturated carbocycles. The van der Waals surface area contributed by atoms with Gasteiger partial charge in [0.25, 0.3) is 0 Å². The van der Waals surface area contributed by atoms with Crippen LogP contribution in [0.15, 0.2) is 24.3 Å². The topological polar surface area (TPSA) is 33.7 Å². The standard InChI is InChI=1S/C17H28N2O2/c1-4-18-17(14-7-9-15(20-2)10-8-14)13-19-11-5-6-16(12-19)21-3/h7-10,16-18H,4-6,11-13H2,1-3H3. The molecule has 0 amide bonds. The van der Waals surface area contributed by atoms with E-state index in [9.17, 15) is 0 Å². The largest absolute Gasteiger partial charge is 0.497 e. The maximum absolute atomic E-state index is 5.52. The second-order valence-corrected chi connectivity index (χ2v) is 5.64. The van der Waals surface area contributed by atoms with Crippen molar-refractivity contribution in [3.05, 3.63) is 29.8 Å². The lowest BCUT2D eigenvalue weighted by molar-refractivity contribution is 0.0281. The van der Waals surface area contributed by atoms with Gasteiger partial charge in [0.2, 0.25) is 0 Å². The Labute approximate surface area is 128 Å². The molecule has 1 saturated heterocycles. The summed E-state index contributed by atoms with van der Waals surface area (Å²) in [7, 11) is 3.52. The van der Waals surface area contributed by atoms with Crippen LogP contribution in [0.25, 0.3) is 0 Å². The summed E-state index contributed by atoms with van der Waals surface area (Å²) in [6, 6.07) is 8.74. The molecular formula is C17H28N2O2. The monoisotopic (exact) mass is 292 g/mol. The molecule has 1 aliphatic heterocycles. The molecule has 1 aliphatic rings. The fourth-order valence-corrected chi connectivity index (χ4v) is 3.00. The average molecular weight is 292 g/mol. The van der Waals surface area contributed by atoms with Crippen LogP contribution in [0.3, 0.4) is 0 Å². The van der Waals surface area contributed by atoms with Crippen LogP contribution >= 0.6 is 0 Å². The van der Waals surface area contributed by atoms with E-state index in [4.69, 9.17) is 9.47 Å². The number of piperidine rings is 1. The van der Waals surface area contributed by atoms with Crippen LogP contribution in [-0.4, -0.2) is 51.4 Å². The third-order valence-electron chi connectivity index (χ3n) is 4.21. The van der Waals surface area contributed by atoms with Crippen LogP contribution in [0.5, 0.6) is 5.75 Å². The summed E-state index contributed by atoms with van der Waals surface area (Å²) >= 11 is 0. The Morgan fingerprint density at radius 3 is 2.67 bits per heavy atom. The zero-order chi connectivity index (χ0) is 15.1. The predicted molar refractivity (Wildman–Crippen MR) is 85.9 cm³/mol. The van der Waals surface area contributed by atoms with Gasteiger partial charge in [0.15, 0.2) is 0 Å². The van der Waals surface area contributed by atoms with Gasteiger partial charge in [-0.2, -0.15) is 0 Å². The van der Waals surface area contributed by atoms with E-state index in [1.54, 1.807) is 7.11 Å². The van der Waals surface area contributed by atoms with Crippen LogP contribution < -0.4 is 10.1 Å². The zero-order valence-electron chi connectivity index (χ0n) is 13.5. The van der Waals surface area contributed by atoms with Crippen LogP contribution in [0.4, 0.5) is 0 Å². The Morgan fingerprint density at radius 2 is 2.05 bits per heavy atom.